The van der Waals surface area contributed by atoms with Crippen molar-refractivity contribution in [2.45, 2.75) is 45.6 Å². The van der Waals surface area contributed by atoms with Crippen LogP contribution in [-0.2, 0) is 11.2 Å². The molecule has 0 spiro atoms. The molecule has 0 unspecified atom stereocenters. The number of amides is 1. The second-order valence-corrected chi connectivity index (χ2v) is 6.68. The SMILES string of the molecule is CC(C)(C)N1CC[C@@H](CNC(=O)CCc2cn[nH]c2)C1. The van der Waals surface area contributed by atoms with E-state index in [1.807, 2.05) is 6.20 Å². The van der Waals surface area contributed by atoms with Gasteiger partial charge in [-0.05, 0) is 51.6 Å². The van der Waals surface area contributed by atoms with Crippen molar-refractivity contribution in [3.63, 3.8) is 0 Å². The second kappa shape index (κ2) is 6.39. The van der Waals surface area contributed by atoms with E-state index in [2.05, 4.69) is 41.2 Å². The molecule has 1 amide bonds. The summed E-state index contributed by atoms with van der Waals surface area (Å²) in [6.07, 6.45) is 6.08. The van der Waals surface area contributed by atoms with Crippen LogP contribution >= 0.6 is 0 Å². The zero-order chi connectivity index (χ0) is 14.6. The molecule has 5 heteroatoms. The third-order valence-electron chi connectivity index (χ3n) is 4.02. The van der Waals surface area contributed by atoms with Gasteiger partial charge in [-0.1, -0.05) is 0 Å². The molecular formula is C15H26N4O. The molecule has 1 fully saturated rings. The first kappa shape index (κ1) is 15.0. The lowest BCUT2D eigenvalue weighted by Crippen LogP contribution is -2.40. The van der Waals surface area contributed by atoms with Crippen LogP contribution < -0.4 is 5.32 Å². The van der Waals surface area contributed by atoms with Gasteiger partial charge >= 0.3 is 0 Å². The van der Waals surface area contributed by atoms with Crippen LogP contribution in [-0.4, -0.2) is 46.2 Å². The number of H-pyrrole nitrogens is 1. The van der Waals surface area contributed by atoms with Crippen molar-refractivity contribution in [1.29, 1.82) is 0 Å². The summed E-state index contributed by atoms with van der Waals surface area (Å²) in [6.45, 7) is 9.78. The molecule has 0 bridgehead atoms. The number of rotatable bonds is 5. The van der Waals surface area contributed by atoms with Crippen molar-refractivity contribution in [3.8, 4) is 0 Å². The Hall–Kier alpha value is -1.36. The predicted molar refractivity (Wildman–Crippen MR) is 79.4 cm³/mol. The first-order valence-electron chi connectivity index (χ1n) is 7.44. The summed E-state index contributed by atoms with van der Waals surface area (Å²) in [5, 5.41) is 9.70. The first-order valence-corrected chi connectivity index (χ1v) is 7.44. The lowest BCUT2D eigenvalue weighted by atomic mass is 10.1. The van der Waals surface area contributed by atoms with Gasteiger partial charge in [0.05, 0.1) is 6.20 Å². The summed E-state index contributed by atoms with van der Waals surface area (Å²) >= 11 is 0. The third kappa shape index (κ3) is 4.34. The van der Waals surface area contributed by atoms with Crippen molar-refractivity contribution >= 4 is 5.91 Å². The minimum absolute atomic E-state index is 0.139. The van der Waals surface area contributed by atoms with Gasteiger partial charge in [0.2, 0.25) is 5.91 Å². The fourth-order valence-electron chi connectivity index (χ4n) is 2.63. The van der Waals surface area contributed by atoms with Crippen molar-refractivity contribution in [2.24, 2.45) is 5.92 Å². The van der Waals surface area contributed by atoms with E-state index >= 15 is 0 Å². The Morgan fingerprint density at radius 2 is 2.35 bits per heavy atom. The minimum atomic E-state index is 0.139. The first-order chi connectivity index (χ1) is 9.45. The number of nitrogens with one attached hydrogen (secondary N) is 2. The highest BCUT2D eigenvalue weighted by Gasteiger charge is 2.30. The fourth-order valence-corrected chi connectivity index (χ4v) is 2.63. The molecule has 0 radical (unpaired) electrons. The Balaban J connectivity index is 1.64. The van der Waals surface area contributed by atoms with Gasteiger partial charge in [0.1, 0.15) is 0 Å². The quantitative estimate of drug-likeness (QED) is 0.859. The summed E-state index contributed by atoms with van der Waals surface area (Å²) < 4.78 is 0. The molecule has 2 N–H and O–H groups in total. The molecule has 0 saturated carbocycles. The molecule has 1 aliphatic heterocycles. The largest absolute Gasteiger partial charge is 0.356 e. The van der Waals surface area contributed by atoms with E-state index in [9.17, 15) is 4.79 Å². The maximum Gasteiger partial charge on any atom is 0.220 e. The zero-order valence-corrected chi connectivity index (χ0v) is 12.8. The Bertz CT molecular complexity index is 422. The summed E-state index contributed by atoms with van der Waals surface area (Å²) in [6, 6.07) is 0. The molecule has 2 heterocycles. The summed E-state index contributed by atoms with van der Waals surface area (Å²) in [4.78, 5) is 14.3. The van der Waals surface area contributed by atoms with Crippen molar-refractivity contribution < 1.29 is 4.79 Å². The van der Waals surface area contributed by atoms with Crippen LogP contribution in [0.25, 0.3) is 0 Å². The summed E-state index contributed by atoms with van der Waals surface area (Å²) in [5.41, 5.74) is 1.32. The standard InChI is InChI=1S/C15H26N4O/c1-15(2,3)19-7-6-13(11-19)8-16-14(20)5-4-12-9-17-18-10-12/h9-10,13H,4-8,11H2,1-3H3,(H,16,20)(H,17,18)/t13-/m0/s1. The molecule has 1 atom stereocenters. The van der Waals surface area contributed by atoms with Crippen molar-refractivity contribution in [2.75, 3.05) is 19.6 Å². The van der Waals surface area contributed by atoms with Gasteiger partial charge in [0.15, 0.2) is 0 Å². The van der Waals surface area contributed by atoms with E-state index in [0.717, 1.165) is 31.6 Å². The smallest absolute Gasteiger partial charge is 0.220 e. The number of carbonyl (C=O) groups excluding carboxylic acids is 1. The molecule has 1 aromatic heterocycles. The van der Waals surface area contributed by atoms with Crippen LogP contribution in [0.4, 0.5) is 0 Å². The molecule has 5 nitrogen and oxygen atoms in total. The summed E-state index contributed by atoms with van der Waals surface area (Å²) in [7, 11) is 0. The lowest BCUT2D eigenvalue weighted by molar-refractivity contribution is -0.121. The molecule has 1 aliphatic rings. The third-order valence-corrected chi connectivity index (χ3v) is 4.02. The van der Waals surface area contributed by atoms with Crippen LogP contribution in [0.3, 0.4) is 0 Å². The van der Waals surface area contributed by atoms with Gasteiger partial charge in [-0.15, -0.1) is 0 Å². The minimum Gasteiger partial charge on any atom is -0.356 e. The molecule has 1 saturated heterocycles. The van der Waals surface area contributed by atoms with E-state index in [1.54, 1.807) is 6.20 Å². The monoisotopic (exact) mass is 278 g/mol. The van der Waals surface area contributed by atoms with E-state index < -0.39 is 0 Å². The van der Waals surface area contributed by atoms with E-state index in [1.165, 1.54) is 6.42 Å². The number of carbonyl (C=O) groups is 1. The Morgan fingerprint density at radius 1 is 1.55 bits per heavy atom. The van der Waals surface area contributed by atoms with Crippen LogP contribution in [0.15, 0.2) is 12.4 Å². The highest BCUT2D eigenvalue weighted by molar-refractivity contribution is 5.76. The van der Waals surface area contributed by atoms with E-state index in [-0.39, 0.29) is 11.4 Å². The number of likely N-dealkylation sites (tertiary alicyclic amines) is 1. The normalized spacial score (nSPS) is 20.2. The maximum absolute atomic E-state index is 11.8. The maximum atomic E-state index is 11.8. The highest BCUT2D eigenvalue weighted by Crippen LogP contribution is 2.23. The molecular weight excluding hydrogens is 252 g/mol. The lowest BCUT2D eigenvalue weighted by Gasteiger charge is -2.31. The molecule has 1 aromatic rings. The number of aromatic nitrogens is 2. The van der Waals surface area contributed by atoms with Crippen molar-refractivity contribution in [3.05, 3.63) is 18.0 Å². The Kier molecular flexibility index (Phi) is 4.81. The van der Waals surface area contributed by atoms with Crippen LogP contribution in [0.1, 0.15) is 39.2 Å². The number of aromatic amines is 1. The topological polar surface area (TPSA) is 61.0 Å². The number of hydrogen-bond acceptors (Lipinski definition) is 3. The number of nitrogens with zero attached hydrogens (tertiary/aromatic N) is 2. The Labute approximate surface area is 121 Å². The second-order valence-electron chi connectivity index (χ2n) is 6.68. The molecule has 0 aliphatic carbocycles. The van der Waals surface area contributed by atoms with Gasteiger partial charge < -0.3 is 5.32 Å². The van der Waals surface area contributed by atoms with Gasteiger partial charge in [-0.25, -0.2) is 0 Å². The van der Waals surface area contributed by atoms with Gasteiger partial charge in [0.25, 0.3) is 0 Å². The van der Waals surface area contributed by atoms with Crippen LogP contribution in [0, 0.1) is 5.92 Å². The number of hydrogen-bond donors (Lipinski definition) is 2. The van der Waals surface area contributed by atoms with E-state index in [4.69, 9.17) is 0 Å². The fraction of sp³-hybridized carbons (Fsp3) is 0.733. The van der Waals surface area contributed by atoms with Crippen LogP contribution in [0.2, 0.25) is 0 Å². The van der Waals surface area contributed by atoms with Crippen molar-refractivity contribution in [1.82, 2.24) is 20.4 Å². The van der Waals surface area contributed by atoms with Gasteiger partial charge in [0, 0.05) is 31.2 Å². The molecule has 20 heavy (non-hydrogen) atoms. The van der Waals surface area contributed by atoms with Gasteiger partial charge in [-0.3, -0.25) is 14.8 Å². The summed E-state index contributed by atoms with van der Waals surface area (Å²) in [5.74, 6) is 0.729. The molecule has 112 valence electrons. The van der Waals surface area contributed by atoms with Gasteiger partial charge in [-0.2, -0.15) is 5.10 Å². The van der Waals surface area contributed by atoms with E-state index in [0.29, 0.717) is 12.3 Å². The average molecular weight is 278 g/mol. The average Bonchev–Trinajstić information content (AvgIpc) is 3.04. The van der Waals surface area contributed by atoms with Crippen LogP contribution in [0.5, 0.6) is 0 Å². The number of aryl methyl sites for hydroxylation is 1. The molecule has 2 rings (SSSR count). The zero-order valence-electron chi connectivity index (χ0n) is 12.8. The highest BCUT2D eigenvalue weighted by atomic mass is 16.1. The Morgan fingerprint density at radius 3 is 2.95 bits per heavy atom. The predicted octanol–water partition coefficient (Wildman–Crippen LogP) is 1.58. The molecule has 0 aromatic carbocycles.